The first-order valence-corrected chi connectivity index (χ1v) is 8.55. The summed E-state index contributed by atoms with van der Waals surface area (Å²) >= 11 is 0. The molecule has 24 heavy (non-hydrogen) atoms. The first kappa shape index (κ1) is 15.6. The number of halogens is 1. The lowest BCUT2D eigenvalue weighted by molar-refractivity contribution is -0.123. The number of nitrogens with one attached hydrogen (secondary N) is 2. The lowest BCUT2D eigenvalue weighted by atomic mass is 9.94. The average Bonchev–Trinajstić information content (AvgIpc) is 3.30. The minimum Gasteiger partial charge on any atom is -0.379 e. The van der Waals surface area contributed by atoms with Crippen LogP contribution in [-0.2, 0) is 14.9 Å². The maximum atomic E-state index is 13.6. The quantitative estimate of drug-likeness (QED) is 0.878. The van der Waals surface area contributed by atoms with Gasteiger partial charge in [0.1, 0.15) is 5.82 Å². The van der Waals surface area contributed by atoms with E-state index < -0.39 is 5.41 Å². The first-order valence-electron chi connectivity index (χ1n) is 8.55. The molecule has 4 rings (SSSR count). The van der Waals surface area contributed by atoms with E-state index >= 15 is 0 Å². The largest absolute Gasteiger partial charge is 0.379 e. The molecule has 0 spiro atoms. The molecule has 2 heterocycles. The fourth-order valence-corrected chi connectivity index (χ4v) is 3.55. The van der Waals surface area contributed by atoms with Crippen molar-refractivity contribution in [3.8, 4) is 0 Å². The lowest BCUT2D eigenvalue weighted by Crippen LogP contribution is -2.43. The van der Waals surface area contributed by atoms with Gasteiger partial charge in [-0.25, -0.2) is 4.39 Å². The van der Waals surface area contributed by atoms with E-state index in [0.29, 0.717) is 6.54 Å². The van der Waals surface area contributed by atoms with Gasteiger partial charge in [-0.3, -0.25) is 9.69 Å². The molecule has 1 aliphatic carbocycles. The van der Waals surface area contributed by atoms with Crippen molar-refractivity contribution in [2.45, 2.75) is 18.3 Å². The Morgan fingerprint density at radius 1 is 1.33 bits per heavy atom. The Morgan fingerprint density at radius 2 is 2.12 bits per heavy atom. The van der Waals surface area contributed by atoms with Gasteiger partial charge in [-0.05, 0) is 36.6 Å². The molecule has 128 valence electrons. The van der Waals surface area contributed by atoms with Crippen molar-refractivity contribution < 1.29 is 13.9 Å². The SMILES string of the molecule is O=C(NCCN1CCOCC1)C1(c2c[nH]c3ccc(F)cc23)CC1. The van der Waals surface area contributed by atoms with Gasteiger partial charge < -0.3 is 15.0 Å². The van der Waals surface area contributed by atoms with Crippen LogP contribution in [-0.4, -0.2) is 55.2 Å². The number of morpholine rings is 1. The number of aromatic amines is 1. The second kappa shape index (κ2) is 6.18. The van der Waals surface area contributed by atoms with Crippen molar-refractivity contribution in [3.63, 3.8) is 0 Å². The number of benzene rings is 1. The van der Waals surface area contributed by atoms with Crippen LogP contribution in [0.25, 0.3) is 10.9 Å². The van der Waals surface area contributed by atoms with Crippen molar-refractivity contribution in [3.05, 3.63) is 35.8 Å². The smallest absolute Gasteiger partial charge is 0.230 e. The molecule has 5 nitrogen and oxygen atoms in total. The first-order chi connectivity index (χ1) is 11.7. The molecule has 2 aromatic rings. The van der Waals surface area contributed by atoms with Crippen LogP contribution < -0.4 is 5.32 Å². The Labute approximate surface area is 140 Å². The Kier molecular flexibility index (Phi) is 4.02. The van der Waals surface area contributed by atoms with Crippen LogP contribution in [0.4, 0.5) is 4.39 Å². The molecule has 0 radical (unpaired) electrons. The average molecular weight is 331 g/mol. The van der Waals surface area contributed by atoms with Gasteiger partial charge in [0.2, 0.25) is 5.91 Å². The van der Waals surface area contributed by atoms with E-state index in [-0.39, 0.29) is 11.7 Å². The maximum Gasteiger partial charge on any atom is 0.230 e. The molecular formula is C18H22FN3O2. The van der Waals surface area contributed by atoms with Crippen LogP contribution in [0.2, 0.25) is 0 Å². The minimum absolute atomic E-state index is 0.0564. The molecule has 0 atom stereocenters. The zero-order chi connectivity index (χ0) is 16.6. The monoisotopic (exact) mass is 331 g/mol. The molecule has 0 unspecified atom stereocenters. The Morgan fingerprint density at radius 3 is 2.88 bits per heavy atom. The van der Waals surface area contributed by atoms with E-state index in [0.717, 1.165) is 62.2 Å². The fourth-order valence-electron chi connectivity index (χ4n) is 3.55. The number of aromatic nitrogens is 1. The molecule has 2 N–H and O–H groups in total. The van der Waals surface area contributed by atoms with Gasteiger partial charge in [-0.15, -0.1) is 0 Å². The number of carbonyl (C=O) groups excluding carboxylic acids is 1. The van der Waals surface area contributed by atoms with E-state index in [9.17, 15) is 9.18 Å². The van der Waals surface area contributed by atoms with Gasteiger partial charge in [0.15, 0.2) is 0 Å². The molecular weight excluding hydrogens is 309 g/mol. The number of nitrogens with zero attached hydrogens (tertiary/aromatic N) is 1. The molecule has 1 amide bonds. The van der Waals surface area contributed by atoms with Crippen LogP contribution >= 0.6 is 0 Å². The normalized spacial score (nSPS) is 20.2. The van der Waals surface area contributed by atoms with Crippen LogP contribution in [0, 0.1) is 5.82 Å². The summed E-state index contributed by atoms with van der Waals surface area (Å²) in [4.78, 5) is 18.2. The third kappa shape index (κ3) is 2.80. The molecule has 1 aliphatic heterocycles. The summed E-state index contributed by atoms with van der Waals surface area (Å²) in [5, 5.41) is 3.89. The fraction of sp³-hybridized carbons (Fsp3) is 0.500. The molecule has 2 aliphatic rings. The van der Waals surface area contributed by atoms with Crippen molar-refractivity contribution in [2.75, 3.05) is 39.4 Å². The van der Waals surface area contributed by atoms with Gasteiger partial charge in [0.25, 0.3) is 0 Å². The van der Waals surface area contributed by atoms with E-state index in [1.165, 1.54) is 12.1 Å². The van der Waals surface area contributed by atoms with Gasteiger partial charge in [0, 0.05) is 43.3 Å². The highest BCUT2D eigenvalue weighted by Gasteiger charge is 2.52. The summed E-state index contributed by atoms with van der Waals surface area (Å²) < 4.78 is 18.9. The standard InChI is InChI=1S/C18H22FN3O2/c19-13-1-2-16-14(11-13)15(12-21-16)18(3-4-18)17(23)20-5-6-22-7-9-24-10-8-22/h1-2,11-12,21H,3-10H2,(H,20,23). The number of rotatable bonds is 5. The summed E-state index contributed by atoms with van der Waals surface area (Å²) in [6.45, 7) is 4.84. The number of fused-ring (bicyclic) bond motifs is 1. The highest BCUT2D eigenvalue weighted by Crippen LogP contribution is 2.50. The number of hydrogen-bond donors (Lipinski definition) is 2. The lowest BCUT2D eigenvalue weighted by Gasteiger charge is -2.26. The second-order valence-electron chi connectivity index (χ2n) is 6.68. The van der Waals surface area contributed by atoms with Gasteiger partial charge in [-0.1, -0.05) is 0 Å². The molecule has 1 aromatic carbocycles. The predicted molar refractivity (Wildman–Crippen MR) is 89.4 cm³/mol. The van der Waals surface area contributed by atoms with E-state index in [1.807, 2.05) is 6.20 Å². The molecule has 1 saturated heterocycles. The van der Waals surface area contributed by atoms with Crippen LogP contribution in [0.1, 0.15) is 18.4 Å². The molecule has 1 saturated carbocycles. The Bertz CT molecular complexity index is 748. The van der Waals surface area contributed by atoms with Gasteiger partial charge >= 0.3 is 0 Å². The van der Waals surface area contributed by atoms with Crippen LogP contribution in [0.5, 0.6) is 0 Å². The molecule has 6 heteroatoms. The molecule has 2 fully saturated rings. The highest BCUT2D eigenvalue weighted by molar-refractivity contribution is 5.97. The number of ether oxygens (including phenoxy) is 1. The number of H-pyrrole nitrogens is 1. The summed E-state index contributed by atoms with van der Waals surface area (Å²) in [5.74, 6) is -0.215. The zero-order valence-electron chi connectivity index (χ0n) is 13.6. The van der Waals surface area contributed by atoms with Crippen molar-refractivity contribution in [1.29, 1.82) is 0 Å². The number of carbonyl (C=O) groups is 1. The molecule has 0 bridgehead atoms. The van der Waals surface area contributed by atoms with Crippen molar-refractivity contribution in [2.24, 2.45) is 0 Å². The molecule has 1 aromatic heterocycles. The van der Waals surface area contributed by atoms with Crippen LogP contribution in [0.3, 0.4) is 0 Å². The zero-order valence-corrected chi connectivity index (χ0v) is 13.6. The van der Waals surface area contributed by atoms with E-state index in [4.69, 9.17) is 4.74 Å². The van der Waals surface area contributed by atoms with E-state index in [2.05, 4.69) is 15.2 Å². The Hall–Kier alpha value is -1.92. The number of amides is 1. The third-order valence-electron chi connectivity index (χ3n) is 5.16. The highest BCUT2D eigenvalue weighted by atomic mass is 19.1. The van der Waals surface area contributed by atoms with Gasteiger partial charge in [0.05, 0.1) is 18.6 Å². The van der Waals surface area contributed by atoms with E-state index in [1.54, 1.807) is 6.07 Å². The predicted octanol–water partition coefficient (Wildman–Crippen LogP) is 1.79. The number of hydrogen-bond acceptors (Lipinski definition) is 3. The van der Waals surface area contributed by atoms with Crippen LogP contribution in [0.15, 0.2) is 24.4 Å². The summed E-state index contributed by atoms with van der Waals surface area (Å²) in [5.41, 5.74) is 1.30. The van der Waals surface area contributed by atoms with Gasteiger partial charge in [-0.2, -0.15) is 0 Å². The maximum absolute atomic E-state index is 13.6. The topological polar surface area (TPSA) is 57.4 Å². The minimum atomic E-state index is -0.489. The summed E-state index contributed by atoms with van der Waals surface area (Å²) in [7, 11) is 0. The Balaban J connectivity index is 1.44. The summed E-state index contributed by atoms with van der Waals surface area (Å²) in [6, 6.07) is 4.67. The summed E-state index contributed by atoms with van der Waals surface area (Å²) in [6.07, 6.45) is 3.50. The third-order valence-corrected chi connectivity index (χ3v) is 5.16. The van der Waals surface area contributed by atoms with Crippen molar-refractivity contribution >= 4 is 16.8 Å². The van der Waals surface area contributed by atoms with Crippen molar-refractivity contribution in [1.82, 2.24) is 15.2 Å². The second-order valence-corrected chi connectivity index (χ2v) is 6.68.